The van der Waals surface area contributed by atoms with Gasteiger partial charge in [-0.25, -0.2) is 0 Å². The molecular formula is C16H25N3O2. The maximum Gasteiger partial charge on any atom is 0.253 e. The standard InChI is InChI=1S/C16H25N3O2/c1-5-19(15(20)10-12(2)17)11-13-6-8-14(9-7-13)16(21)18(3)4/h6-9,12H,5,10-11,17H2,1-4H3. The van der Waals surface area contributed by atoms with Gasteiger partial charge in [0.25, 0.3) is 5.91 Å². The summed E-state index contributed by atoms with van der Waals surface area (Å²) in [6, 6.07) is 7.23. The van der Waals surface area contributed by atoms with Crippen LogP contribution in [-0.2, 0) is 11.3 Å². The Hall–Kier alpha value is -1.88. The van der Waals surface area contributed by atoms with Crippen LogP contribution in [0.5, 0.6) is 0 Å². The monoisotopic (exact) mass is 291 g/mol. The summed E-state index contributed by atoms with van der Waals surface area (Å²) in [5, 5.41) is 0. The first-order valence-corrected chi connectivity index (χ1v) is 7.19. The van der Waals surface area contributed by atoms with Crippen molar-refractivity contribution < 1.29 is 9.59 Å². The average Bonchev–Trinajstić information content (AvgIpc) is 2.43. The van der Waals surface area contributed by atoms with Crippen molar-refractivity contribution in [3.63, 3.8) is 0 Å². The first-order valence-electron chi connectivity index (χ1n) is 7.19. The Bertz CT molecular complexity index is 481. The van der Waals surface area contributed by atoms with Gasteiger partial charge in [0.15, 0.2) is 0 Å². The highest BCUT2D eigenvalue weighted by Gasteiger charge is 2.14. The van der Waals surface area contributed by atoms with Crippen molar-refractivity contribution in [3.8, 4) is 0 Å². The highest BCUT2D eigenvalue weighted by atomic mass is 16.2. The molecule has 1 rings (SSSR count). The number of hydrogen-bond donors (Lipinski definition) is 1. The van der Waals surface area contributed by atoms with Gasteiger partial charge >= 0.3 is 0 Å². The Labute approximate surface area is 126 Å². The second-order valence-corrected chi connectivity index (χ2v) is 5.49. The average molecular weight is 291 g/mol. The lowest BCUT2D eigenvalue weighted by molar-refractivity contribution is -0.131. The van der Waals surface area contributed by atoms with E-state index < -0.39 is 0 Å². The summed E-state index contributed by atoms with van der Waals surface area (Å²) >= 11 is 0. The van der Waals surface area contributed by atoms with E-state index in [1.165, 1.54) is 0 Å². The molecule has 0 bridgehead atoms. The minimum Gasteiger partial charge on any atom is -0.345 e. The molecule has 0 saturated carbocycles. The lowest BCUT2D eigenvalue weighted by Gasteiger charge is -2.22. The first kappa shape index (κ1) is 17.2. The Morgan fingerprint density at radius 2 is 1.76 bits per heavy atom. The van der Waals surface area contributed by atoms with Gasteiger partial charge in [-0.2, -0.15) is 0 Å². The Balaban J connectivity index is 2.73. The molecule has 21 heavy (non-hydrogen) atoms. The molecule has 0 aromatic heterocycles. The van der Waals surface area contributed by atoms with E-state index in [0.717, 1.165) is 5.56 Å². The number of amides is 2. The van der Waals surface area contributed by atoms with Gasteiger partial charge in [-0.1, -0.05) is 12.1 Å². The SMILES string of the molecule is CCN(Cc1ccc(C(=O)N(C)C)cc1)C(=O)CC(C)N. The predicted octanol–water partition coefficient (Wildman–Crippen LogP) is 1.47. The van der Waals surface area contributed by atoms with Crippen molar-refractivity contribution in [1.29, 1.82) is 0 Å². The molecule has 1 unspecified atom stereocenters. The Morgan fingerprint density at radius 3 is 2.19 bits per heavy atom. The summed E-state index contributed by atoms with van der Waals surface area (Å²) in [5.41, 5.74) is 7.32. The van der Waals surface area contributed by atoms with Crippen LogP contribution in [0.3, 0.4) is 0 Å². The number of benzene rings is 1. The molecule has 0 spiro atoms. The van der Waals surface area contributed by atoms with Gasteiger partial charge in [0.1, 0.15) is 0 Å². The molecule has 1 aromatic carbocycles. The second-order valence-electron chi connectivity index (χ2n) is 5.49. The van der Waals surface area contributed by atoms with Crippen LogP contribution in [0.4, 0.5) is 0 Å². The summed E-state index contributed by atoms with van der Waals surface area (Å²) in [6.07, 6.45) is 0.352. The van der Waals surface area contributed by atoms with E-state index in [0.29, 0.717) is 25.1 Å². The molecule has 0 fully saturated rings. The van der Waals surface area contributed by atoms with Crippen molar-refractivity contribution in [2.24, 2.45) is 5.73 Å². The first-order chi connectivity index (χ1) is 9.85. The predicted molar refractivity (Wildman–Crippen MR) is 83.8 cm³/mol. The number of carbonyl (C=O) groups is 2. The third-order valence-corrected chi connectivity index (χ3v) is 3.21. The lowest BCUT2D eigenvalue weighted by Crippen LogP contribution is -2.34. The van der Waals surface area contributed by atoms with E-state index in [4.69, 9.17) is 5.73 Å². The van der Waals surface area contributed by atoms with E-state index >= 15 is 0 Å². The third kappa shape index (κ3) is 5.19. The van der Waals surface area contributed by atoms with Crippen LogP contribution >= 0.6 is 0 Å². The van der Waals surface area contributed by atoms with Gasteiger partial charge in [-0.05, 0) is 31.5 Å². The van der Waals surface area contributed by atoms with Crippen LogP contribution in [0.25, 0.3) is 0 Å². The van der Waals surface area contributed by atoms with Gasteiger partial charge in [0.05, 0.1) is 0 Å². The number of hydrogen-bond acceptors (Lipinski definition) is 3. The molecule has 0 heterocycles. The fraction of sp³-hybridized carbons (Fsp3) is 0.500. The molecular weight excluding hydrogens is 266 g/mol. The molecule has 0 aliphatic carbocycles. The Morgan fingerprint density at radius 1 is 1.19 bits per heavy atom. The zero-order valence-electron chi connectivity index (χ0n) is 13.3. The van der Waals surface area contributed by atoms with E-state index in [1.807, 2.05) is 26.0 Å². The van der Waals surface area contributed by atoms with Gasteiger partial charge in [-0.15, -0.1) is 0 Å². The molecule has 2 N–H and O–H groups in total. The number of carbonyl (C=O) groups excluding carboxylic acids is 2. The molecule has 0 aliphatic rings. The largest absolute Gasteiger partial charge is 0.345 e. The molecule has 0 aliphatic heterocycles. The van der Waals surface area contributed by atoms with Crippen LogP contribution in [-0.4, -0.2) is 48.3 Å². The molecule has 5 nitrogen and oxygen atoms in total. The summed E-state index contributed by atoms with van der Waals surface area (Å²) in [6.45, 7) is 4.96. The molecule has 1 aromatic rings. The van der Waals surface area contributed by atoms with Crippen LogP contribution in [0, 0.1) is 0 Å². The lowest BCUT2D eigenvalue weighted by atomic mass is 10.1. The summed E-state index contributed by atoms with van der Waals surface area (Å²) in [7, 11) is 3.45. The fourth-order valence-corrected chi connectivity index (χ4v) is 2.01. The van der Waals surface area contributed by atoms with Crippen molar-refractivity contribution in [2.45, 2.75) is 32.9 Å². The van der Waals surface area contributed by atoms with Gasteiger partial charge in [-0.3, -0.25) is 9.59 Å². The van der Waals surface area contributed by atoms with Crippen molar-refractivity contribution in [3.05, 3.63) is 35.4 Å². The number of rotatable bonds is 6. The summed E-state index contributed by atoms with van der Waals surface area (Å²) in [4.78, 5) is 27.2. The van der Waals surface area contributed by atoms with Crippen molar-refractivity contribution >= 4 is 11.8 Å². The summed E-state index contributed by atoms with van der Waals surface area (Å²) < 4.78 is 0. The van der Waals surface area contributed by atoms with E-state index in [2.05, 4.69) is 0 Å². The third-order valence-electron chi connectivity index (χ3n) is 3.21. The number of nitrogens with two attached hydrogens (primary N) is 1. The Kier molecular flexibility index (Phi) is 6.37. The van der Waals surface area contributed by atoms with Gasteiger partial charge in [0, 0.05) is 45.2 Å². The highest BCUT2D eigenvalue weighted by Crippen LogP contribution is 2.10. The maximum atomic E-state index is 12.0. The molecule has 0 saturated heterocycles. The van der Waals surface area contributed by atoms with E-state index in [9.17, 15) is 9.59 Å². The fourth-order valence-electron chi connectivity index (χ4n) is 2.01. The minimum atomic E-state index is -0.133. The number of nitrogens with zero attached hydrogens (tertiary/aromatic N) is 2. The van der Waals surface area contributed by atoms with Gasteiger partial charge in [0.2, 0.25) is 5.91 Å². The van der Waals surface area contributed by atoms with E-state index in [-0.39, 0.29) is 17.9 Å². The molecule has 116 valence electrons. The molecule has 5 heteroatoms. The maximum absolute atomic E-state index is 12.0. The highest BCUT2D eigenvalue weighted by molar-refractivity contribution is 5.93. The normalized spacial score (nSPS) is 11.9. The summed E-state index contributed by atoms with van der Waals surface area (Å²) in [5.74, 6) is 0.0304. The second kappa shape index (κ2) is 7.78. The van der Waals surface area contributed by atoms with Crippen LogP contribution in [0.1, 0.15) is 36.2 Å². The quantitative estimate of drug-likeness (QED) is 0.863. The van der Waals surface area contributed by atoms with Crippen LogP contribution in [0.2, 0.25) is 0 Å². The zero-order chi connectivity index (χ0) is 16.0. The topological polar surface area (TPSA) is 66.6 Å². The van der Waals surface area contributed by atoms with E-state index in [1.54, 1.807) is 36.0 Å². The van der Waals surface area contributed by atoms with Crippen LogP contribution < -0.4 is 5.73 Å². The minimum absolute atomic E-state index is 0.0260. The molecule has 2 amide bonds. The smallest absolute Gasteiger partial charge is 0.253 e. The van der Waals surface area contributed by atoms with Crippen molar-refractivity contribution in [2.75, 3.05) is 20.6 Å². The van der Waals surface area contributed by atoms with Crippen LogP contribution in [0.15, 0.2) is 24.3 Å². The van der Waals surface area contributed by atoms with Gasteiger partial charge < -0.3 is 15.5 Å². The molecule has 0 radical (unpaired) electrons. The zero-order valence-corrected chi connectivity index (χ0v) is 13.3. The molecule has 1 atom stereocenters. The van der Waals surface area contributed by atoms with Crippen molar-refractivity contribution in [1.82, 2.24) is 9.80 Å².